The summed E-state index contributed by atoms with van der Waals surface area (Å²) in [5.41, 5.74) is 0. The molecule has 1 rings (SSSR count). The molecular formula is C10H13BrF3NOS. The highest BCUT2D eigenvalue weighted by Gasteiger charge is 2.30. The van der Waals surface area contributed by atoms with Gasteiger partial charge < -0.3 is 5.11 Å². The summed E-state index contributed by atoms with van der Waals surface area (Å²) in [4.78, 5) is 2.17. The lowest BCUT2D eigenvalue weighted by Crippen LogP contribution is -2.34. The third-order valence-electron chi connectivity index (χ3n) is 2.04. The van der Waals surface area contributed by atoms with Crippen LogP contribution in [0.2, 0.25) is 0 Å². The van der Waals surface area contributed by atoms with E-state index in [1.54, 1.807) is 6.07 Å². The van der Waals surface area contributed by atoms with Gasteiger partial charge in [0.25, 0.3) is 0 Å². The van der Waals surface area contributed by atoms with Crippen LogP contribution in [0, 0.1) is 0 Å². The lowest BCUT2D eigenvalue weighted by atomic mass is 10.3. The summed E-state index contributed by atoms with van der Waals surface area (Å²) in [5, 5.41) is 8.67. The van der Waals surface area contributed by atoms with Crippen molar-refractivity contribution >= 4 is 27.3 Å². The van der Waals surface area contributed by atoms with Crippen molar-refractivity contribution in [1.82, 2.24) is 4.90 Å². The molecule has 7 heteroatoms. The second kappa shape index (κ2) is 6.72. The maximum Gasteiger partial charge on any atom is 0.401 e. The summed E-state index contributed by atoms with van der Waals surface area (Å²) in [6, 6.07) is 3.62. The number of aliphatic hydroxyl groups excluding tert-OH is 1. The largest absolute Gasteiger partial charge is 0.401 e. The minimum Gasteiger partial charge on any atom is -0.396 e. The molecule has 17 heavy (non-hydrogen) atoms. The molecule has 1 aromatic rings. The summed E-state index contributed by atoms with van der Waals surface area (Å²) in [5.74, 6) is 0. The highest BCUT2D eigenvalue weighted by atomic mass is 79.9. The van der Waals surface area contributed by atoms with Crippen LogP contribution >= 0.6 is 27.3 Å². The van der Waals surface area contributed by atoms with Crippen molar-refractivity contribution in [2.45, 2.75) is 19.1 Å². The third kappa shape index (κ3) is 6.40. The number of hydrogen-bond donors (Lipinski definition) is 1. The van der Waals surface area contributed by atoms with E-state index in [0.717, 1.165) is 8.66 Å². The van der Waals surface area contributed by atoms with Gasteiger partial charge in [0.05, 0.1) is 10.3 Å². The van der Waals surface area contributed by atoms with Crippen LogP contribution in [-0.4, -0.2) is 35.9 Å². The minimum atomic E-state index is -4.20. The second-order valence-electron chi connectivity index (χ2n) is 3.61. The van der Waals surface area contributed by atoms with Crippen molar-refractivity contribution in [3.63, 3.8) is 0 Å². The summed E-state index contributed by atoms with van der Waals surface area (Å²) in [6.45, 7) is -0.535. The predicted octanol–water partition coefficient (Wildman–Crippen LogP) is 3.26. The van der Waals surface area contributed by atoms with Crippen LogP contribution in [0.1, 0.15) is 11.3 Å². The fourth-order valence-corrected chi connectivity index (χ4v) is 2.94. The molecule has 0 fully saturated rings. The quantitative estimate of drug-likeness (QED) is 0.864. The van der Waals surface area contributed by atoms with Crippen LogP contribution in [0.3, 0.4) is 0 Å². The first kappa shape index (κ1) is 14.9. The Bertz CT molecular complexity index is 343. The molecule has 0 saturated carbocycles. The zero-order valence-corrected chi connectivity index (χ0v) is 11.4. The molecule has 1 N–H and O–H groups in total. The van der Waals surface area contributed by atoms with Crippen LogP contribution in [-0.2, 0) is 6.54 Å². The van der Waals surface area contributed by atoms with Crippen LogP contribution in [0.4, 0.5) is 13.2 Å². The van der Waals surface area contributed by atoms with E-state index >= 15 is 0 Å². The molecule has 0 aliphatic rings. The van der Waals surface area contributed by atoms with Crippen LogP contribution in [0.5, 0.6) is 0 Å². The van der Waals surface area contributed by atoms with Gasteiger partial charge in [-0.1, -0.05) is 0 Å². The number of alkyl halides is 3. The molecule has 0 unspecified atom stereocenters. The van der Waals surface area contributed by atoms with Gasteiger partial charge in [-0.2, -0.15) is 13.2 Å². The maximum absolute atomic E-state index is 12.3. The van der Waals surface area contributed by atoms with E-state index in [9.17, 15) is 13.2 Å². The second-order valence-corrected chi connectivity index (χ2v) is 6.16. The number of halogens is 4. The van der Waals surface area contributed by atoms with Gasteiger partial charge in [-0.05, 0) is 34.5 Å². The first-order valence-corrected chi connectivity index (χ1v) is 6.66. The van der Waals surface area contributed by atoms with Gasteiger partial charge in [0.15, 0.2) is 0 Å². The van der Waals surface area contributed by atoms with Gasteiger partial charge >= 0.3 is 6.18 Å². The Morgan fingerprint density at radius 2 is 2.06 bits per heavy atom. The lowest BCUT2D eigenvalue weighted by Gasteiger charge is -2.22. The molecule has 0 radical (unpaired) electrons. The Hall–Kier alpha value is -0.110. The molecule has 0 saturated heterocycles. The van der Waals surface area contributed by atoms with Gasteiger partial charge in [-0.15, -0.1) is 11.3 Å². The van der Waals surface area contributed by atoms with E-state index in [1.807, 2.05) is 6.07 Å². The maximum atomic E-state index is 12.3. The van der Waals surface area contributed by atoms with Crippen molar-refractivity contribution in [2.75, 3.05) is 19.7 Å². The fraction of sp³-hybridized carbons (Fsp3) is 0.600. The first-order chi connectivity index (χ1) is 7.90. The normalized spacial score (nSPS) is 12.4. The minimum absolute atomic E-state index is 0.0947. The molecule has 0 aliphatic heterocycles. The van der Waals surface area contributed by atoms with Crippen LogP contribution in [0.25, 0.3) is 0 Å². The van der Waals surface area contributed by atoms with Crippen molar-refractivity contribution in [2.24, 2.45) is 0 Å². The average molecular weight is 332 g/mol. The Morgan fingerprint density at radius 3 is 2.53 bits per heavy atom. The molecular weight excluding hydrogens is 319 g/mol. The van der Waals surface area contributed by atoms with Crippen LogP contribution < -0.4 is 0 Å². The average Bonchev–Trinajstić information content (AvgIpc) is 2.58. The topological polar surface area (TPSA) is 23.5 Å². The van der Waals surface area contributed by atoms with E-state index in [-0.39, 0.29) is 19.7 Å². The predicted molar refractivity (Wildman–Crippen MR) is 65.1 cm³/mol. The molecule has 0 aliphatic carbocycles. The van der Waals surface area contributed by atoms with Crippen LogP contribution in [0.15, 0.2) is 15.9 Å². The standard InChI is InChI=1S/C10H13BrF3NOS/c11-9-3-2-8(17-9)6-15(4-1-5-16)7-10(12,13)14/h2-3,16H,1,4-7H2. The zero-order valence-electron chi connectivity index (χ0n) is 9.00. The van der Waals surface area contributed by atoms with Gasteiger partial charge in [0.1, 0.15) is 0 Å². The summed E-state index contributed by atoms with van der Waals surface area (Å²) < 4.78 is 37.9. The molecule has 98 valence electrons. The summed E-state index contributed by atoms with van der Waals surface area (Å²) >= 11 is 4.69. The number of nitrogens with zero attached hydrogens (tertiary/aromatic N) is 1. The number of hydrogen-bond acceptors (Lipinski definition) is 3. The highest BCUT2D eigenvalue weighted by Crippen LogP contribution is 2.25. The first-order valence-electron chi connectivity index (χ1n) is 5.05. The number of rotatable bonds is 6. The Kier molecular flexibility index (Phi) is 5.91. The number of thiophene rings is 1. The van der Waals surface area contributed by atoms with Gasteiger partial charge in [0, 0.05) is 24.6 Å². The molecule has 0 bridgehead atoms. The molecule has 2 nitrogen and oxygen atoms in total. The van der Waals surface area contributed by atoms with Crippen molar-refractivity contribution in [1.29, 1.82) is 0 Å². The van der Waals surface area contributed by atoms with E-state index < -0.39 is 12.7 Å². The SMILES string of the molecule is OCCCN(Cc1ccc(Br)s1)CC(F)(F)F. The van der Waals surface area contributed by atoms with Gasteiger partial charge in [-0.3, -0.25) is 4.90 Å². The molecule has 0 aromatic carbocycles. The fourth-order valence-electron chi connectivity index (χ4n) is 1.42. The molecule has 1 aromatic heterocycles. The van der Waals surface area contributed by atoms with Crippen molar-refractivity contribution in [3.05, 3.63) is 20.8 Å². The summed E-state index contributed by atoms with van der Waals surface area (Å²) in [7, 11) is 0. The Morgan fingerprint density at radius 1 is 1.35 bits per heavy atom. The third-order valence-corrected chi connectivity index (χ3v) is 3.65. The molecule has 1 heterocycles. The van der Waals surface area contributed by atoms with E-state index in [4.69, 9.17) is 5.11 Å². The molecule has 0 atom stereocenters. The summed E-state index contributed by atoms with van der Waals surface area (Å²) in [6.07, 6.45) is -3.85. The monoisotopic (exact) mass is 331 g/mol. The zero-order chi connectivity index (χ0) is 12.9. The molecule has 0 spiro atoms. The van der Waals surface area contributed by atoms with Crippen molar-refractivity contribution < 1.29 is 18.3 Å². The van der Waals surface area contributed by atoms with Crippen molar-refractivity contribution in [3.8, 4) is 0 Å². The smallest absolute Gasteiger partial charge is 0.396 e. The van der Waals surface area contributed by atoms with E-state index in [2.05, 4.69) is 15.9 Å². The van der Waals surface area contributed by atoms with E-state index in [1.165, 1.54) is 16.2 Å². The molecule has 0 amide bonds. The highest BCUT2D eigenvalue weighted by molar-refractivity contribution is 9.11. The van der Waals surface area contributed by atoms with Gasteiger partial charge in [-0.25, -0.2) is 0 Å². The Balaban J connectivity index is 2.56. The number of aliphatic hydroxyl groups is 1. The Labute approximate surface area is 110 Å². The van der Waals surface area contributed by atoms with Gasteiger partial charge in [0.2, 0.25) is 0 Å². The van der Waals surface area contributed by atoms with E-state index in [0.29, 0.717) is 6.42 Å². The lowest BCUT2D eigenvalue weighted by molar-refractivity contribution is -0.147.